The zero-order valence-electron chi connectivity index (χ0n) is 11.5. The minimum absolute atomic E-state index is 0.376. The number of ether oxygens (including phenoxy) is 2. The lowest BCUT2D eigenvalue weighted by molar-refractivity contribution is 0.171. The molecule has 0 saturated heterocycles. The lowest BCUT2D eigenvalue weighted by atomic mass is 9.95. The van der Waals surface area contributed by atoms with Crippen LogP contribution in [0, 0.1) is 5.92 Å². The Kier molecular flexibility index (Phi) is 4.48. The quantitative estimate of drug-likeness (QED) is 0.869. The van der Waals surface area contributed by atoms with Crippen LogP contribution in [0.3, 0.4) is 0 Å². The Bertz CT molecular complexity index is 390. The minimum atomic E-state index is 0.376. The molecular formula is C15H23NO2. The van der Waals surface area contributed by atoms with Crippen molar-refractivity contribution in [2.24, 2.45) is 5.92 Å². The summed E-state index contributed by atoms with van der Waals surface area (Å²) in [6, 6.07) is 6.65. The average Bonchev–Trinajstić information content (AvgIpc) is 2.38. The van der Waals surface area contributed by atoms with E-state index in [4.69, 9.17) is 9.47 Å². The lowest BCUT2D eigenvalue weighted by Crippen LogP contribution is -2.26. The molecule has 1 heterocycles. The molecule has 1 N–H and O–H groups in total. The van der Waals surface area contributed by atoms with Crippen LogP contribution in [0.1, 0.15) is 38.8 Å². The van der Waals surface area contributed by atoms with Gasteiger partial charge in [-0.05, 0) is 36.6 Å². The first kappa shape index (κ1) is 13.2. The molecule has 1 aromatic rings. The monoisotopic (exact) mass is 249 g/mol. The molecule has 2 rings (SSSR count). The fourth-order valence-electron chi connectivity index (χ4n) is 2.29. The van der Waals surface area contributed by atoms with Crippen LogP contribution in [-0.2, 0) is 0 Å². The van der Waals surface area contributed by atoms with Gasteiger partial charge in [0.25, 0.3) is 0 Å². The normalized spacial score (nSPS) is 15.8. The van der Waals surface area contributed by atoms with Gasteiger partial charge in [-0.1, -0.05) is 26.8 Å². The van der Waals surface area contributed by atoms with Crippen LogP contribution in [0.2, 0.25) is 0 Å². The van der Waals surface area contributed by atoms with E-state index in [1.165, 1.54) is 5.56 Å². The van der Waals surface area contributed by atoms with Crippen LogP contribution < -0.4 is 14.8 Å². The van der Waals surface area contributed by atoms with Gasteiger partial charge in [0.1, 0.15) is 13.2 Å². The van der Waals surface area contributed by atoms with Gasteiger partial charge in [0.2, 0.25) is 0 Å². The Morgan fingerprint density at radius 3 is 2.56 bits per heavy atom. The summed E-state index contributed by atoms with van der Waals surface area (Å²) in [5.41, 5.74) is 1.28. The van der Waals surface area contributed by atoms with Gasteiger partial charge in [-0.2, -0.15) is 0 Å². The Hall–Kier alpha value is -1.22. The predicted octanol–water partition coefficient (Wildman–Crippen LogP) is 3.15. The van der Waals surface area contributed by atoms with Crippen LogP contribution in [0.25, 0.3) is 0 Å². The highest BCUT2D eigenvalue weighted by Gasteiger charge is 2.18. The van der Waals surface area contributed by atoms with E-state index in [-0.39, 0.29) is 0 Å². The Labute approximate surface area is 109 Å². The Morgan fingerprint density at radius 2 is 1.89 bits per heavy atom. The highest BCUT2D eigenvalue weighted by molar-refractivity contribution is 5.44. The first-order valence-electron chi connectivity index (χ1n) is 6.85. The van der Waals surface area contributed by atoms with E-state index in [1.54, 1.807) is 0 Å². The van der Waals surface area contributed by atoms with E-state index < -0.39 is 0 Å². The number of hydrogen-bond donors (Lipinski definition) is 1. The molecule has 1 unspecified atom stereocenters. The topological polar surface area (TPSA) is 30.5 Å². The molecule has 0 fully saturated rings. The fourth-order valence-corrected chi connectivity index (χ4v) is 2.29. The summed E-state index contributed by atoms with van der Waals surface area (Å²) in [6.07, 6.45) is 1.15. The number of fused-ring (bicyclic) bond motifs is 1. The van der Waals surface area contributed by atoms with Crippen molar-refractivity contribution in [3.05, 3.63) is 23.8 Å². The standard InChI is InChI=1S/C15H23NO2/c1-4-7-16-15(11(2)3)12-5-6-13-14(10-12)18-9-8-17-13/h5-6,10-11,15-16H,4,7-9H2,1-3H3. The van der Waals surface area contributed by atoms with Crippen LogP contribution in [0.5, 0.6) is 11.5 Å². The summed E-state index contributed by atoms with van der Waals surface area (Å²) >= 11 is 0. The van der Waals surface area contributed by atoms with Gasteiger partial charge in [0.15, 0.2) is 11.5 Å². The molecule has 0 aliphatic carbocycles. The lowest BCUT2D eigenvalue weighted by Gasteiger charge is -2.25. The van der Waals surface area contributed by atoms with Crippen molar-refractivity contribution < 1.29 is 9.47 Å². The molecule has 0 radical (unpaired) electrons. The van der Waals surface area contributed by atoms with Crippen molar-refractivity contribution in [3.8, 4) is 11.5 Å². The van der Waals surface area contributed by atoms with Gasteiger partial charge in [-0.15, -0.1) is 0 Å². The summed E-state index contributed by atoms with van der Waals surface area (Å²) in [4.78, 5) is 0. The maximum Gasteiger partial charge on any atom is 0.161 e. The fraction of sp³-hybridized carbons (Fsp3) is 0.600. The van der Waals surface area contributed by atoms with Gasteiger partial charge in [0.05, 0.1) is 0 Å². The maximum absolute atomic E-state index is 5.65. The van der Waals surface area contributed by atoms with E-state index in [2.05, 4.69) is 38.2 Å². The van der Waals surface area contributed by atoms with Crippen LogP contribution >= 0.6 is 0 Å². The van der Waals surface area contributed by atoms with Crippen molar-refractivity contribution in [2.45, 2.75) is 33.2 Å². The molecule has 0 aromatic heterocycles. The van der Waals surface area contributed by atoms with Crippen molar-refractivity contribution >= 4 is 0 Å². The SMILES string of the molecule is CCCNC(c1ccc2c(c1)OCCO2)C(C)C. The van der Waals surface area contributed by atoms with Crippen molar-refractivity contribution in [2.75, 3.05) is 19.8 Å². The average molecular weight is 249 g/mol. The molecule has 1 atom stereocenters. The van der Waals surface area contributed by atoms with Gasteiger partial charge in [-0.25, -0.2) is 0 Å². The van der Waals surface area contributed by atoms with Crippen LogP contribution in [-0.4, -0.2) is 19.8 Å². The molecule has 3 nitrogen and oxygen atoms in total. The third-order valence-corrected chi connectivity index (χ3v) is 3.21. The zero-order chi connectivity index (χ0) is 13.0. The first-order valence-corrected chi connectivity index (χ1v) is 6.85. The van der Waals surface area contributed by atoms with Gasteiger partial charge in [-0.3, -0.25) is 0 Å². The molecule has 3 heteroatoms. The van der Waals surface area contributed by atoms with Gasteiger partial charge < -0.3 is 14.8 Å². The highest BCUT2D eigenvalue weighted by atomic mass is 16.6. The van der Waals surface area contributed by atoms with E-state index in [9.17, 15) is 0 Å². The predicted molar refractivity (Wildman–Crippen MR) is 73.3 cm³/mol. The summed E-state index contributed by atoms with van der Waals surface area (Å²) in [6.45, 7) is 9.00. The molecule has 0 saturated carbocycles. The molecule has 1 aromatic carbocycles. The van der Waals surface area contributed by atoms with Crippen molar-refractivity contribution in [3.63, 3.8) is 0 Å². The first-order chi connectivity index (χ1) is 8.72. The van der Waals surface area contributed by atoms with E-state index in [0.717, 1.165) is 24.5 Å². The van der Waals surface area contributed by atoms with Gasteiger partial charge in [0, 0.05) is 6.04 Å². The molecule has 0 amide bonds. The maximum atomic E-state index is 5.65. The highest BCUT2D eigenvalue weighted by Crippen LogP contribution is 2.34. The zero-order valence-corrected chi connectivity index (χ0v) is 11.5. The van der Waals surface area contributed by atoms with Crippen molar-refractivity contribution in [1.29, 1.82) is 0 Å². The molecule has 0 spiro atoms. The van der Waals surface area contributed by atoms with Crippen molar-refractivity contribution in [1.82, 2.24) is 5.32 Å². The molecule has 18 heavy (non-hydrogen) atoms. The second-order valence-corrected chi connectivity index (χ2v) is 5.08. The van der Waals surface area contributed by atoms with E-state index >= 15 is 0 Å². The Balaban J connectivity index is 2.19. The number of rotatable bonds is 5. The summed E-state index contributed by atoms with van der Waals surface area (Å²) < 4.78 is 11.2. The molecule has 1 aliphatic rings. The molecule has 1 aliphatic heterocycles. The molecular weight excluding hydrogens is 226 g/mol. The minimum Gasteiger partial charge on any atom is -0.486 e. The second-order valence-electron chi connectivity index (χ2n) is 5.08. The smallest absolute Gasteiger partial charge is 0.161 e. The van der Waals surface area contributed by atoms with E-state index in [1.807, 2.05) is 6.07 Å². The third-order valence-electron chi connectivity index (χ3n) is 3.21. The number of hydrogen-bond acceptors (Lipinski definition) is 3. The number of benzene rings is 1. The summed E-state index contributed by atoms with van der Waals surface area (Å²) in [5.74, 6) is 2.30. The number of nitrogens with one attached hydrogen (secondary N) is 1. The molecule has 0 bridgehead atoms. The summed E-state index contributed by atoms with van der Waals surface area (Å²) in [5, 5.41) is 3.60. The largest absolute Gasteiger partial charge is 0.486 e. The van der Waals surface area contributed by atoms with Gasteiger partial charge >= 0.3 is 0 Å². The van der Waals surface area contributed by atoms with Crippen LogP contribution in [0.15, 0.2) is 18.2 Å². The van der Waals surface area contributed by atoms with E-state index in [0.29, 0.717) is 25.2 Å². The third kappa shape index (κ3) is 2.96. The second kappa shape index (κ2) is 6.10. The Morgan fingerprint density at radius 1 is 1.17 bits per heavy atom. The van der Waals surface area contributed by atoms with Crippen LogP contribution in [0.4, 0.5) is 0 Å². The summed E-state index contributed by atoms with van der Waals surface area (Å²) in [7, 11) is 0. The molecule has 100 valence electrons.